The summed E-state index contributed by atoms with van der Waals surface area (Å²) < 4.78 is 5.59. The summed E-state index contributed by atoms with van der Waals surface area (Å²) in [6, 6.07) is 0.842. The van der Waals surface area contributed by atoms with E-state index in [0.717, 1.165) is 48.3 Å². The van der Waals surface area contributed by atoms with E-state index in [9.17, 15) is 0 Å². The first-order valence-corrected chi connectivity index (χ1v) is 8.06. The molecular formula is C16H27NO. The Kier molecular flexibility index (Phi) is 2.74. The molecule has 0 aromatic carbocycles. The van der Waals surface area contributed by atoms with Gasteiger partial charge in [-0.25, -0.2) is 0 Å². The van der Waals surface area contributed by atoms with E-state index >= 15 is 0 Å². The Balaban J connectivity index is 1.59. The van der Waals surface area contributed by atoms with Crippen LogP contribution in [0.3, 0.4) is 0 Å². The van der Waals surface area contributed by atoms with Gasteiger partial charge in [0.2, 0.25) is 0 Å². The lowest BCUT2D eigenvalue weighted by Crippen LogP contribution is -2.59. The third-order valence-electron chi connectivity index (χ3n) is 6.74. The molecular weight excluding hydrogens is 222 g/mol. The van der Waals surface area contributed by atoms with Crippen LogP contribution in [0.2, 0.25) is 0 Å². The molecule has 2 nitrogen and oxygen atoms in total. The molecule has 18 heavy (non-hydrogen) atoms. The van der Waals surface area contributed by atoms with Crippen LogP contribution in [0, 0.1) is 29.1 Å². The van der Waals surface area contributed by atoms with Crippen LogP contribution in [0.25, 0.3) is 0 Å². The van der Waals surface area contributed by atoms with Crippen LogP contribution in [0.15, 0.2) is 0 Å². The van der Waals surface area contributed by atoms with Gasteiger partial charge < -0.3 is 10.1 Å². The second-order valence-corrected chi connectivity index (χ2v) is 7.53. The van der Waals surface area contributed by atoms with Gasteiger partial charge in [0.15, 0.2) is 0 Å². The second kappa shape index (κ2) is 4.21. The van der Waals surface area contributed by atoms with Crippen molar-refractivity contribution in [3.05, 3.63) is 0 Å². The summed E-state index contributed by atoms with van der Waals surface area (Å²) >= 11 is 0. The number of rotatable bonds is 2. The van der Waals surface area contributed by atoms with Crippen molar-refractivity contribution in [2.75, 3.05) is 20.3 Å². The van der Waals surface area contributed by atoms with Gasteiger partial charge in [0.1, 0.15) is 0 Å². The van der Waals surface area contributed by atoms with Crippen LogP contribution in [0.1, 0.15) is 44.9 Å². The predicted octanol–water partition coefficient (Wildman–Crippen LogP) is 2.83. The fraction of sp³-hybridized carbons (Fsp3) is 1.00. The molecule has 4 saturated carbocycles. The van der Waals surface area contributed by atoms with E-state index in [2.05, 4.69) is 12.4 Å². The predicted molar refractivity (Wildman–Crippen MR) is 72.4 cm³/mol. The molecule has 1 N–H and O–H groups in total. The Labute approximate surface area is 111 Å². The molecule has 2 unspecified atom stereocenters. The topological polar surface area (TPSA) is 21.3 Å². The third kappa shape index (κ3) is 1.61. The van der Waals surface area contributed by atoms with E-state index in [1.54, 1.807) is 6.42 Å². The summed E-state index contributed by atoms with van der Waals surface area (Å²) in [4.78, 5) is 0. The van der Waals surface area contributed by atoms with E-state index in [4.69, 9.17) is 4.74 Å². The molecule has 4 aliphatic carbocycles. The summed E-state index contributed by atoms with van der Waals surface area (Å²) in [7, 11) is 2.19. The molecule has 5 rings (SSSR count). The van der Waals surface area contributed by atoms with Crippen LogP contribution in [0.5, 0.6) is 0 Å². The van der Waals surface area contributed by atoms with Crippen molar-refractivity contribution in [3.8, 4) is 0 Å². The van der Waals surface area contributed by atoms with Crippen LogP contribution < -0.4 is 5.32 Å². The molecule has 1 heterocycles. The van der Waals surface area contributed by atoms with Gasteiger partial charge in [-0.3, -0.25) is 0 Å². The molecule has 2 heteroatoms. The van der Waals surface area contributed by atoms with Crippen molar-refractivity contribution in [1.29, 1.82) is 0 Å². The fourth-order valence-electron chi connectivity index (χ4n) is 6.37. The molecule has 4 bridgehead atoms. The van der Waals surface area contributed by atoms with Crippen molar-refractivity contribution < 1.29 is 4.74 Å². The first-order valence-electron chi connectivity index (χ1n) is 8.06. The number of hydrogen-bond acceptors (Lipinski definition) is 2. The monoisotopic (exact) mass is 249 g/mol. The summed E-state index contributed by atoms with van der Waals surface area (Å²) in [5.74, 6) is 4.03. The van der Waals surface area contributed by atoms with Crippen molar-refractivity contribution in [2.45, 2.75) is 51.0 Å². The van der Waals surface area contributed by atoms with E-state index in [0.29, 0.717) is 0 Å². The molecule has 0 aromatic rings. The lowest BCUT2D eigenvalue weighted by molar-refractivity contribution is -0.124. The highest BCUT2D eigenvalue weighted by Gasteiger charge is 2.57. The van der Waals surface area contributed by atoms with Gasteiger partial charge in [0.25, 0.3) is 0 Å². The zero-order chi connectivity index (χ0) is 12.2. The zero-order valence-electron chi connectivity index (χ0n) is 11.7. The van der Waals surface area contributed by atoms with E-state index in [1.807, 2.05) is 0 Å². The Morgan fingerprint density at radius 2 is 1.67 bits per heavy atom. The van der Waals surface area contributed by atoms with Crippen LogP contribution in [0.4, 0.5) is 0 Å². The number of ether oxygens (including phenoxy) is 1. The lowest BCUT2D eigenvalue weighted by Gasteiger charge is -2.63. The van der Waals surface area contributed by atoms with Gasteiger partial charge in [0.05, 0.1) is 0 Å². The largest absolute Gasteiger partial charge is 0.381 e. The molecule has 2 atom stereocenters. The molecule has 1 aliphatic heterocycles. The van der Waals surface area contributed by atoms with Gasteiger partial charge in [-0.1, -0.05) is 0 Å². The van der Waals surface area contributed by atoms with Crippen LogP contribution >= 0.6 is 0 Å². The van der Waals surface area contributed by atoms with Crippen molar-refractivity contribution >= 4 is 0 Å². The molecule has 5 aliphatic rings. The minimum absolute atomic E-state index is 0.730. The average Bonchev–Trinajstić information content (AvgIpc) is 2.39. The summed E-state index contributed by atoms with van der Waals surface area (Å²) in [6.45, 7) is 2.06. The number of hydrogen-bond donors (Lipinski definition) is 1. The normalized spacial score (nSPS) is 51.8. The van der Waals surface area contributed by atoms with Gasteiger partial charge in [-0.05, 0) is 81.1 Å². The smallest absolute Gasteiger partial charge is 0.0468 e. The van der Waals surface area contributed by atoms with Crippen molar-refractivity contribution in [1.82, 2.24) is 5.32 Å². The summed E-state index contributed by atoms with van der Waals surface area (Å²) in [5, 5.41) is 3.64. The molecule has 0 aromatic heterocycles. The number of nitrogens with one attached hydrogen (secondary N) is 1. The maximum Gasteiger partial charge on any atom is 0.0468 e. The molecule has 0 radical (unpaired) electrons. The Bertz CT molecular complexity index is 307. The SMILES string of the molecule is CNC1C2CC3CC1CC(C1CCOCC1)(C3)C2. The maximum atomic E-state index is 5.59. The minimum atomic E-state index is 0.730. The first-order chi connectivity index (χ1) is 8.81. The van der Waals surface area contributed by atoms with Gasteiger partial charge >= 0.3 is 0 Å². The van der Waals surface area contributed by atoms with Crippen LogP contribution in [-0.4, -0.2) is 26.3 Å². The quantitative estimate of drug-likeness (QED) is 0.812. The van der Waals surface area contributed by atoms with Gasteiger partial charge in [0, 0.05) is 19.3 Å². The fourth-order valence-corrected chi connectivity index (χ4v) is 6.37. The summed E-state index contributed by atoms with van der Waals surface area (Å²) in [5.41, 5.74) is 0.730. The van der Waals surface area contributed by atoms with Crippen molar-refractivity contribution in [3.63, 3.8) is 0 Å². The minimum Gasteiger partial charge on any atom is -0.381 e. The van der Waals surface area contributed by atoms with Gasteiger partial charge in [-0.2, -0.15) is 0 Å². The zero-order valence-corrected chi connectivity index (χ0v) is 11.7. The highest BCUT2D eigenvalue weighted by atomic mass is 16.5. The Morgan fingerprint density at radius 1 is 1.00 bits per heavy atom. The van der Waals surface area contributed by atoms with E-state index < -0.39 is 0 Å². The van der Waals surface area contributed by atoms with E-state index in [-0.39, 0.29) is 0 Å². The molecule has 5 fully saturated rings. The molecule has 1 saturated heterocycles. The molecule has 102 valence electrons. The van der Waals surface area contributed by atoms with Gasteiger partial charge in [-0.15, -0.1) is 0 Å². The second-order valence-electron chi connectivity index (χ2n) is 7.53. The highest BCUT2D eigenvalue weighted by Crippen LogP contribution is 2.63. The maximum absolute atomic E-state index is 5.59. The highest BCUT2D eigenvalue weighted by molar-refractivity contribution is 5.09. The average molecular weight is 249 g/mol. The summed E-state index contributed by atoms with van der Waals surface area (Å²) in [6.07, 6.45) is 10.3. The molecule has 0 amide bonds. The standard InChI is InChI=1S/C16H27NO/c1-17-15-12-6-11-7-13(15)10-16(8-11,9-12)14-2-4-18-5-3-14/h11-15,17H,2-10H2,1H3. The third-order valence-corrected chi connectivity index (χ3v) is 6.74. The van der Waals surface area contributed by atoms with Crippen molar-refractivity contribution in [2.24, 2.45) is 29.1 Å². The van der Waals surface area contributed by atoms with E-state index in [1.165, 1.54) is 38.5 Å². The first kappa shape index (κ1) is 11.7. The Hall–Kier alpha value is -0.0800. The van der Waals surface area contributed by atoms with Crippen LogP contribution in [-0.2, 0) is 4.74 Å². The molecule has 0 spiro atoms. The lowest BCUT2D eigenvalue weighted by atomic mass is 9.44. The Morgan fingerprint density at radius 3 is 2.28 bits per heavy atom.